The van der Waals surface area contributed by atoms with E-state index in [1.165, 1.54) is 0 Å². The molecule has 0 amide bonds. The summed E-state index contributed by atoms with van der Waals surface area (Å²) in [6.07, 6.45) is 6.48. The van der Waals surface area contributed by atoms with E-state index in [4.69, 9.17) is 4.74 Å². The third-order valence-corrected chi connectivity index (χ3v) is 6.15. The first-order chi connectivity index (χ1) is 15.0. The van der Waals surface area contributed by atoms with Gasteiger partial charge in [-0.3, -0.25) is 9.67 Å². The van der Waals surface area contributed by atoms with E-state index in [0.717, 1.165) is 11.1 Å². The number of benzene rings is 1. The van der Waals surface area contributed by atoms with E-state index >= 15 is 0 Å². The number of hydrogen-bond donors (Lipinski definition) is 2. The minimum atomic E-state index is -1.05. The van der Waals surface area contributed by atoms with Gasteiger partial charge in [-0.05, 0) is 24.1 Å². The second-order valence-corrected chi connectivity index (χ2v) is 8.26. The SMILES string of the molecule is CN(c1cnc(-c2ccc(-c3cnn(C)c3)cc2O)cn1)[C@@H]1C[C@H]2COC[C@H](N2)[C@@H]1F. The molecule has 5 rings (SSSR count). The molecule has 1 aromatic carbocycles. The number of ether oxygens (including phenoxy) is 1. The zero-order valence-corrected chi connectivity index (χ0v) is 17.4. The van der Waals surface area contributed by atoms with E-state index in [9.17, 15) is 9.50 Å². The number of fused-ring (bicyclic) bond motifs is 2. The molecule has 2 aliphatic rings. The van der Waals surface area contributed by atoms with Crippen LogP contribution in [0.1, 0.15) is 6.42 Å². The van der Waals surface area contributed by atoms with Crippen molar-refractivity contribution in [3.63, 3.8) is 0 Å². The van der Waals surface area contributed by atoms with Crippen molar-refractivity contribution in [2.24, 2.45) is 7.05 Å². The number of piperidine rings is 1. The zero-order valence-electron chi connectivity index (χ0n) is 17.4. The molecular formula is C22H25FN6O2. The first kappa shape index (κ1) is 19.9. The second kappa shape index (κ2) is 7.90. The summed E-state index contributed by atoms with van der Waals surface area (Å²) in [5.41, 5.74) is 2.93. The first-order valence-electron chi connectivity index (χ1n) is 10.3. The summed E-state index contributed by atoms with van der Waals surface area (Å²) in [5.74, 6) is 0.718. The number of hydrogen-bond acceptors (Lipinski definition) is 7. The number of alkyl halides is 1. The third-order valence-electron chi connectivity index (χ3n) is 6.15. The Bertz CT molecular complexity index is 1070. The molecule has 0 spiro atoms. The van der Waals surface area contributed by atoms with Crippen LogP contribution in [0.3, 0.4) is 0 Å². The highest BCUT2D eigenvalue weighted by Crippen LogP contribution is 2.33. The van der Waals surface area contributed by atoms with Crippen LogP contribution in [-0.2, 0) is 11.8 Å². The Morgan fingerprint density at radius 1 is 1.19 bits per heavy atom. The Hall–Kier alpha value is -3.04. The molecule has 0 aliphatic carbocycles. The fourth-order valence-corrected chi connectivity index (χ4v) is 4.43. The molecule has 0 saturated carbocycles. The van der Waals surface area contributed by atoms with Crippen molar-refractivity contribution in [1.82, 2.24) is 25.1 Å². The lowest BCUT2D eigenvalue weighted by molar-refractivity contribution is -0.0175. The molecule has 3 aromatic rings. The minimum absolute atomic E-state index is 0.117. The summed E-state index contributed by atoms with van der Waals surface area (Å²) < 4.78 is 22.2. The fraction of sp³-hybridized carbons (Fsp3) is 0.409. The normalized spacial score (nSPS) is 25.4. The Balaban J connectivity index is 1.35. The maximum absolute atomic E-state index is 15.0. The minimum Gasteiger partial charge on any atom is -0.507 e. The van der Waals surface area contributed by atoms with E-state index < -0.39 is 6.17 Å². The van der Waals surface area contributed by atoms with Crippen LogP contribution < -0.4 is 10.2 Å². The first-order valence-corrected chi connectivity index (χ1v) is 10.3. The molecule has 2 aliphatic heterocycles. The van der Waals surface area contributed by atoms with Crippen molar-refractivity contribution in [2.75, 3.05) is 25.2 Å². The summed E-state index contributed by atoms with van der Waals surface area (Å²) >= 11 is 0. The number of nitrogens with one attached hydrogen (secondary N) is 1. The van der Waals surface area contributed by atoms with Crippen LogP contribution in [0.25, 0.3) is 22.4 Å². The predicted molar refractivity (Wildman–Crippen MR) is 115 cm³/mol. The fourth-order valence-electron chi connectivity index (χ4n) is 4.43. The van der Waals surface area contributed by atoms with Crippen molar-refractivity contribution in [3.05, 3.63) is 43.0 Å². The number of phenols is 1. The van der Waals surface area contributed by atoms with Gasteiger partial charge in [0.1, 0.15) is 17.7 Å². The number of anilines is 1. The summed E-state index contributed by atoms with van der Waals surface area (Å²) in [7, 11) is 3.70. The molecule has 4 heterocycles. The Kier molecular flexibility index (Phi) is 5.07. The average Bonchev–Trinajstić information content (AvgIpc) is 3.22. The molecule has 2 bridgehead atoms. The summed E-state index contributed by atoms with van der Waals surface area (Å²) in [6.45, 7) is 0.993. The Morgan fingerprint density at radius 2 is 2.06 bits per heavy atom. The highest BCUT2D eigenvalue weighted by Gasteiger charge is 2.42. The predicted octanol–water partition coefficient (Wildman–Crippen LogP) is 2.15. The van der Waals surface area contributed by atoms with Gasteiger partial charge in [-0.1, -0.05) is 6.07 Å². The molecule has 162 valence electrons. The van der Waals surface area contributed by atoms with Crippen LogP contribution >= 0.6 is 0 Å². The quantitative estimate of drug-likeness (QED) is 0.664. The van der Waals surface area contributed by atoms with Crippen molar-refractivity contribution < 1.29 is 14.2 Å². The van der Waals surface area contributed by atoms with Gasteiger partial charge in [-0.15, -0.1) is 0 Å². The van der Waals surface area contributed by atoms with Crippen LogP contribution in [-0.4, -0.2) is 69.4 Å². The van der Waals surface area contributed by atoms with Gasteiger partial charge in [0.2, 0.25) is 0 Å². The Labute approximate surface area is 179 Å². The van der Waals surface area contributed by atoms with Gasteiger partial charge >= 0.3 is 0 Å². The molecule has 2 N–H and O–H groups in total. The Morgan fingerprint density at radius 3 is 2.77 bits per heavy atom. The third kappa shape index (κ3) is 3.75. The second-order valence-electron chi connectivity index (χ2n) is 8.26. The van der Waals surface area contributed by atoms with Gasteiger partial charge in [0.25, 0.3) is 0 Å². The van der Waals surface area contributed by atoms with Crippen LogP contribution in [0.2, 0.25) is 0 Å². The van der Waals surface area contributed by atoms with Gasteiger partial charge in [-0.2, -0.15) is 5.10 Å². The lowest BCUT2D eigenvalue weighted by Gasteiger charge is -2.45. The zero-order chi connectivity index (χ0) is 21.5. The number of aromatic hydroxyl groups is 1. The molecule has 9 heteroatoms. The molecule has 2 aromatic heterocycles. The number of nitrogens with zero attached hydrogens (tertiary/aromatic N) is 5. The number of halogens is 1. The van der Waals surface area contributed by atoms with Crippen molar-refractivity contribution in [3.8, 4) is 28.1 Å². The topological polar surface area (TPSA) is 88.3 Å². The van der Waals surface area contributed by atoms with E-state index in [2.05, 4.69) is 20.4 Å². The van der Waals surface area contributed by atoms with Crippen LogP contribution in [0, 0.1) is 0 Å². The number of rotatable bonds is 4. The highest BCUT2D eigenvalue weighted by molar-refractivity contribution is 5.73. The largest absolute Gasteiger partial charge is 0.507 e. The monoisotopic (exact) mass is 424 g/mol. The number of morpholine rings is 1. The van der Waals surface area contributed by atoms with E-state index in [0.29, 0.717) is 36.7 Å². The summed E-state index contributed by atoms with van der Waals surface area (Å²) in [4.78, 5) is 10.9. The molecular weight excluding hydrogens is 399 g/mol. The average molecular weight is 424 g/mol. The van der Waals surface area contributed by atoms with Crippen molar-refractivity contribution in [2.45, 2.75) is 30.7 Å². The van der Waals surface area contributed by atoms with Crippen LogP contribution in [0.5, 0.6) is 5.75 Å². The summed E-state index contributed by atoms with van der Waals surface area (Å²) in [5, 5.41) is 18.0. The highest BCUT2D eigenvalue weighted by atomic mass is 19.1. The number of aromatic nitrogens is 4. The van der Waals surface area contributed by atoms with Crippen LogP contribution in [0.15, 0.2) is 43.0 Å². The van der Waals surface area contributed by atoms with Crippen molar-refractivity contribution >= 4 is 5.82 Å². The lowest BCUT2D eigenvalue weighted by Crippen LogP contribution is -2.65. The number of aryl methyl sites for hydroxylation is 1. The molecule has 0 unspecified atom stereocenters. The maximum atomic E-state index is 15.0. The number of phenolic OH excluding ortho intramolecular Hbond substituents is 1. The van der Waals surface area contributed by atoms with Gasteiger partial charge in [0, 0.05) is 37.5 Å². The van der Waals surface area contributed by atoms with Gasteiger partial charge in [0.15, 0.2) is 0 Å². The van der Waals surface area contributed by atoms with Gasteiger partial charge in [0.05, 0.1) is 49.6 Å². The van der Waals surface area contributed by atoms with Gasteiger partial charge in [-0.25, -0.2) is 9.37 Å². The molecule has 8 nitrogen and oxygen atoms in total. The molecule has 2 saturated heterocycles. The smallest absolute Gasteiger partial charge is 0.147 e. The molecule has 0 radical (unpaired) electrons. The molecule has 2 fully saturated rings. The van der Waals surface area contributed by atoms with E-state index in [-0.39, 0.29) is 23.9 Å². The molecule has 31 heavy (non-hydrogen) atoms. The van der Waals surface area contributed by atoms with Crippen LogP contribution in [0.4, 0.5) is 10.2 Å². The molecule has 4 atom stereocenters. The summed E-state index contributed by atoms with van der Waals surface area (Å²) in [6, 6.07) is 5.00. The van der Waals surface area contributed by atoms with Gasteiger partial charge < -0.3 is 20.1 Å². The van der Waals surface area contributed by atoms with E-state index in [1.807, 2.05) is 37.3 Å². The van der Waals surface area contributed by atoms with Crippen molar-refractivity contribution in [1.29, 1.82) is 0 Å². The standard InChI is InChI=1S/C22H25FN6O2/c1-28-10-14(7-26-28)13-3-4-16(20(30)5-13)17-8-25-21(9-24-17)29(2)19-6-15-11-31-12-18(27-15)22(19)23/h3-5,7-10,15,18-19,22,27,30H,6,11-12H2,1-2H3/t15-,18-,19+,22-/m0/s1. The lowest BCUT2D eigenvalue weighted by atomic mass is 9.90. The maximum Gasteiger partial charge on any atom is 0.147 e. The van der Waals surface area contributed by atoms with E-state index in [1.54, 1.807) is 29.3 Å².